The predicted molar refractivity (Wildman–Crippen MR) is 133 cm³/mol. The van der Waals surface area contributed by atoms with E-state index in [1.54, 1.807) is 4.90 Å². The highest BCUT2D eigenvalue weighted by molar-refractivity contribution is 7.90. The number of nitrogens with zero attached hydrogens (tertiary/aromatic N) is 4. The first-order valence-corrected chi connectivity index (χ1v) is 13.7. The molecule has 37 heavy (non-hydrogen) atoms. The first-order chi connectivity index (χ1) is 17.2. The smallest absolute Gasteiger partial charge is 0.410 e. The Hall–Kier alpha value is -3.55. The molecule has 1 aromatic carbocycles. The first kappa shape index (κ1) is 26.5. The van der Waals surface area contributed by atoms with Crippen LogP contribution in [0.3, 0.4) is 0 Å². The van der Waals surface area contributed by atoms with Crippen molar-refractivity contribution in [3.8, 4) is 0 Å². The molecule has 1 amide bonds. The number of carbonyl (C=O) groups is 1. The topological polar surface area (TPSA) is 157 Å². The number of benzene rings is 1. The van der Waals surface area contributed by atoms with Gasteiger partial charge >= 0.3 is 11.8 Å². The Bertz CT molecular complexity index is 1320. The molecule has 14 heteroatoms. The highest BCUT2D eigenvalue weighted by Gasteiger charge is 2.45. The number of amides is 1. The van der Waals surface area contributed by atoms with Crippen LogP contribution in [0.1, 0.15) is 46.5 Å². The average molecular weight is 537 g/mol. The highest BCUT2D eigenvalue weighted by Crippen LogP contribution is 2.39. The van der Waals surface area contributed by atoms with Gasteiger partial charge in [0.2, 0.25) is 11.6 Å². The number of fused-ring (bicyclic) bond motifs is 2. The lowest BCUT2D eigenvalue weighted by atomic mass is 9.97. The monoisotopic (exact) mass is 536 g/mol. The number of carbonyl (C=O) groups excluding carboxylic acids is 1. The van der Waals surface area contributed by atoms with E-state index in [4.69, 9.17) is 4.74 Å². The van der Waals surface area contributed by atoms with E-state index < -0.39 is 31.9 Å². The van der Waals surface area contributed by atoms with E-state index in [2.05, 4.69) is 20.6 Å². The molecule has 0 spiro atoms. The summed E-state index contributed by atoms with van der Waals surface area (Å²) < 4.78 is 43.5. The maximum atomic E-state index is 14.6. The number of sulfone groups is 1. The molecule has 1 unspecified atom stereocenters. The predicted octanol–water partition coefficient (Wildman–Crippen LogP) is 4.01. The maximum Gasteiger partial charge on any atom is 0.410 e. The van der Waals surface area contributed by atoms with Gasteiger partial charge in [-0.05, 0) is 64.7 Å². The summed E-state index contributed by atoms with van der Waals surface area (Å²) in [5.41, 5.74) is -1.26. The van der Waals surface area contributed by atoms with E-state index in [1.165, 1.54) is 12.1 Å². The molecule has 2 aromatic rings. The van der Waals surface area contributed by atoms with Crippen molar-refractivity contribution in [3.05, 3.63) is 40.5 Å². The number of hydrogen-bond donors (Lipinski definition) is 2. The Labute approximate surface area is 213 Å². The molecule has 2 aliphatic rings. The SMILES string of the molecule is CC(C)(C)OC(=O)N1[C@@H]2CC[C@H]1CC(Nc1ncnc(Nc3ccc(S(C)(=O)=O)cc3F)c1[N+](=O)[O-])C2. The summed E-state index contributed by atoms with van der Waals surface area (Å²) >= 11 is 0. The minimum absolute atomic E-state index is 0.0363. The number of nitrogens with one attached hydrogen (secondary N) is 2. The van der Waals surface area contributed by atoms with Crippen molar-refractivity contribution in [2.24, 2.45) is 0 Å². The molecule has 0 radical (unpaired) electrons. The minimum Gasteiger partial charge on any atom is -0.444 e. The molecule has 12 nitrogen and oxygen atoms in total. The molecule has 2 N–H and O–H groups in total. The van der Waals surface area contributed by atoms with Crippen molar-refractivity contribution in [2.75, 3.05) is 16.9 Å². The fraction of sp³-hybridized carbons (Fsp3) is 0.522. The number of nitro groups is 1. The van der Waals surface area contributed by atoms with Crippen molar-refractivity contribution >= 4 is 38.9 Å². The van der Waals surface area contributed by atoms with Crippen LogP contribution in [-0.4, -0.2) is 64.3 Å². The van der Waals surface area contributed by atoms with Gasteiger partial charge in [0, 0.05) is 24.4 Å². The van der Waals surface area contributed by atoms with Gasteiger partial charge in [0.1, 0.15) is 17.7 Å². The first-order valence-electron chi connectivity index (χ1n) is 11.8. The normalized spacial score (nSPS) is 21.4. The van der Waals surface area contributed by atoms with Gasteiger partial charge in [-0.1, -0.05) is 0 Å². The van der Waals surface area contributed by atoms with Crippen LogP contribution in [0.15, 0.2) is 29.4 Å². The summed E-state index contributed by atoms with van der Waals surface area (Å²) in [5, 5.41) is 17.7. The van der Waals surface area contributed by atoms with Crippen molar-refractivity contribution in [2.45, 2.75) is 75.1 Å². The number of ether oxygens (including phenoxy) is 1. The Morgan fingerprint density at radius 2 is 1.81 bits per heavy atom. The second-order valence-corrected chi connectivity index (χ2v) is 12.3. The molecule has 0 saturated carbocycles. The minimum atomic E-state index is -3.63. The molecular formula is C23H29FN6O6S. The highest BCUT2D eigenvalue weighted by atomic mass is 32.2. The van der Waals surface area contributed by atoms with Crippen LogP contribution in [0.4, 0.5) is 32.2 Å². The lowest BCUT2D eigenvalue weighted by molar-refractivity contribution is -0.383. The quantitative estimate of drug-likeness (QED) is 0.408. The summed E-state index contributed by atoms with van der Waals surface area (Å²) in [4.78, 5) is 33.5. The van der Waals surface area contributed by atoms with E-state index in [0.29, 0.717) is 12.8 Å². The van der Waals surface area contributed by atoms with Crippen LogP contribution in [-0.2, 0) is 14.6 Å². The van der Waals surface area contributed by atoms with Crippen LogP contribution >= 0.6 is 0 Å². The Morgan fingerprint density at radius 1 is 1.19 bits per heavy atom. The second kappa shape index (κ2) is 9.72. The zero-order valence-electron chi connectivity index (χ0n) is 20.9. The number of piperidine rings is 1. The summed E-state index contributed by atoms with van der Waals surface area (Å²) in [5.74, 6) is -1.19. The molecule has 4 rings (SSSR count). The Morgan fingerprint density at radius 3 is 2.35 bits per heavy atom. The van der Waals surface area contributed by atoms with Gasteiger partial charge in [-0.3, -0.25) is 10.1 Å². The van der Waals surface area contributed by atoms with E-state index >= 15 is 0 Å². The third-order valence-corrected chi connectivity index (χ3v) is 7.42. The van der Waals surface area contributed by atoms with Crippen LogP contribution < -0.4 is 10.6 Å². The molecule has 2 aliphatic heterocycles. The number of hydrogen-bond acceptors (Lipinski definition) is 10. The molecule has 0 aliphatic carbocycles. The van der Waals surface area contributed by atoms with Crippen LogP contribution in [0.25, 0.3) is 0 Å². The summed E-state index contributed by atoms with van der Waals surface area (Å²) in [6.45, 7) is 5.44. The molecule has 3 atom stereocenters. The second-order valence-electron chi connectivity index (χ2n) is 10.3. The van der Waals surface area contributed by atoms with Gasteiger partial charge in [-0.25, -0.2) is 27.6 Å². The van der Waals surface area contributed by atoms with E-state index in [9.17, 15) is 27.7 Å². The zero-order valence-corrected chi connectivity index (χ0v) is 21.7. The largest absolute Gasteiger partial charge is 0.444 e. The van der Waals surface area contributed by atoms with Crippen LogP contribution in [0.5, 0.6) is 0 Å². The lowest BCUT2D eigenvalue weighted by Gasteiger charge is -2.39. The van der Waals surface area contributed by atoms with Crippen molar-refractivity contribution in [3.63, 3.8) is 0 Å². The molecule has 2 bridgehead atoms. The summed E-state index contributed by atoms with van der Waals surface area (Å²) in [6, 6.07) is 2.89. The van der Waals surface area contributed by atoms with Gasteiger partial charge in [-0.15, -0.1) is 0 Å². The number of halogens is 1. The van der Waals surface area contributed by atoms with Gasteiger partial charge in [-0.2, -0.15) is 0 Å². The molecule has 2 fully saturated rings. The fourth-order valence-electron chi connectivity index (χ4n) is 4.81. The van der Waals surface area contributed by atoms with Crippen LogP contribution in [0.2, 0.25) is 0 Å². The third kappa shape index (κ3) is 5.89. The molecule has 3 heterocycles. The zero-order chi connectivity index (χ0) is 27.1. The third-order valence-electron chi connectivity index (χ3n) is 6.30. The van der Waals surface area contributed by atoms with E-state index in [0.717, 1.165) is 31.5 Å². The average Bonchev–Trinajstić information content (AvgIpc) is 3.04. The van der Waals surface area contributed by atoms with Gasteiger partial charge < -0.3 is 20.3 Å². The maximum absolute atomic E-state index is 14.6. The molecule has 1 aromatic heterocycles. The lowest BCUT2D eigenvalue weighted by Crippen LogP contribution is -2.51. The van der Waals surface area contributed by atoms with Gasteiger partial charge in [0.25, 0.3) is 0 Å². The fourth-order valence-corrected chi connectivity index (χ4v) is 5.44. The van der Waals surface area contributed by atoms with Crippen molar-refractivity contribution in [1.29, 1.82) is 0 Å². The molecule has 200 valence electrons. The molecule has 2 saturated heterocycles. The molecular weight excluding hydrogens is 507 g/mol. The van der Waals surface area contributed by atoms with Crippen LogP contribution in [0, 0.1) is 15.9 Å². The number of anilines is 3. The Balaban J connectivity index is 1.53. The summed E-state index contributed by atoms with van der Waals surface area (Å²) in [6.07, 6.45) is 4.44. The number of aromatic nitrogens is 2. The number of rotatable bonds is 6. The van der Waals surface area contributed by atoms with Crippen molar-refractivity contribution < 1.29 is 27.3 Å². The standard InChI is InChI=1S/C23H29FN6O6S/c1-23(2,3)36-22(31)29-14-5-6-15(29)10-13(9-14)27-20-19(30(32)33)21(26-12-25-20)28-18-8-7-16(11-17(18)24)37(4,34)35/h7-8,11-15H,5-6,9-10H2,1-4H3,(H2,25,26,27,28)/t13?,14-,15+. The van der Waals surface area contributed by atoms with Gasteiger partial charge in [0.15, 0.2) is 9.84 Å². The van der Waals surface area contributed by atoms with E-state index in [-0.39, 0.29) is 46.4 Å². The summed E-state index contributed by atoms with van der Waals surface area (Å²) in [7, 11) is -3.63. The Kier molecular flexibility index (Phi) is 6.97. The van der Waals surface area contributed by atoms with Gasteiger partial charge in [0.05, 0.1) is 15.5 Å². The van der Waals surface area contributed by atoms with E-state index in [1.807, 2.05) is 20.8 Å². The van der Waals surface area contributed by atoms with Crippen molar-refractivity contribution in [1.82, 2.24) is 14.9 Å².